The Morgan fingerprint density at radius 1 is 1.27 bits per heavy atom. The lowest BCUT2D eigenvalue weighted by Gasteiger charge is -2.28. The molecule has 11 heavy (non-hydrogen) atoms. The van der Waals surface area contributed by atoms with Gasteiger partial charge in [0.15, 0.2) is 0 Å². The maximum Gasteiger partial charge on any atom is 0.0695 e. The van der Waals surface area contributed by atoms with Gasteiger partial charge in [-0.1, -0.05) is 12.8 Å². The summed E-state index contributed by atoms with van der Waals surface area (Å²) in [4.78, 5) is 2.42. The molecule has 1 saturated heterocycles. The van der Waals surface area contributed by atoms with Gasteiger partial charge >= 0.3 is 0 Å². The molecule has 0 bridgehead atoms. The molecule has 2 nitrogen and oxygen atoms in total. The van der Waals surface area contributed by atoms with Gasteiger partial charge in [-0.25, -0.2) is 0 Å². The monoisotopic (exact) mass is 155 g/mol. The molecule has 4 unspecified atom stereocenters. The Kier molecular flexibility index (Phi) is 1.90. The summed E-state index contributed by atoms with van der Waals surface area (Å²) in [5.41, 5.74) is 0. The van der Waals surface area contributed by atoms with Crippen LogP contribution in [0.4, 0.5) is 0 Å². The normalized spacial score (nSPS) is 50.7. The number of aliphatic hydroxyl groups excluding tert-OH is 1. The molecule has 0 amide bonds. The lowest BCUT2D eigenvalue weighted by molar-refractivity contribution is 0.0615. The Balaban J connectivity index is 1.90. The number of nitrogens with zero attached hydrogens (tertiary/aromatic N) is 1. The SMILES string of the molecule is CC1CN1C1CCCCC1O. The van der Waals surface area contributed by atoms with Gasteiger partial charge in [-0.15, -0.1) is 0 Å². The maximum absolute atomic E-state index is 9.66. The van der Waals surface area contributed by atoms with Crippen molar-refractivity contribution in [2.45, 2.75) is 50.8 Å². The number of hydrogen-bond donors (Lipinski definition) is 1. The average Bonchev–Trinajstić information content (AvgIpc) is 2.68. The Morgan fingerprint density at radius 2 is 1.91 bits per heavy atom. The fourth-order valence-electron chi connectivity index (χ4n) is 2.20. The van der Waals surface area contributed by atoms with Crippen LogP contribution < -0.4 is 0 Å². The molecule has 0 aromatic carbocycles. The van der Waals surface area contributed by atoms with Crippen LogP contribution in [0, 0.1) is 0 Å². The predicted molar refractivity (Wildman–Crippen MR) is 44.4 cm³/mol. The van der Waals surface area contributed by atoms with Crippen molar-refractivity contribution in [3.05, 3.63) is 0 Å². The third-order valence-electron chi connectivity index (χ3n) is 3.03. The molecule has 2 heteroatoms. The second kappa shape index (κ2) is 2.76. The molecule has 1 heterocycles. The van der Waals surface area contributed by atoms with Crippen LogP contribution in [0.15, 0.2) is 0 Å². The van der Waals surface area contributed by atoms with E-state index in [1.807, 2.05) is 0 Å². The van der Waals surface area contributed by atoms with Crippen LogP contribution in [0.5, 0.6) is 0 Å². The van der Waals surface area contributed by atoms with Crippen molar-refractivity contribution in [1.82, 2.24) is 4.90 Å². The van der Waals surface area contributed by atoms with Gasteiger partial charge in [0.25, 0.3) is 0 Å². The summed E-state index contributed by atoms with van der Waals surface area (Å²) < 4.78 is 0. The van der Waals surface area contributed by atoms with E-state index in [0.29, 0.717) is 6.04 Å². The molecule has 2 fully saturated rings. The summed E-state index contributed by atoms with van der Waals surface area (Å²) in [7, 11) is 0. The van der Waals surface area contributed by atoms with E-state index in [0.717, 1.165) is 12.5 Å². The molecule has 1 saturated carbocycles. The minimum Gasteiger partial charge on any atom is -0.391 e. The Morgan fingerprint density at radius 3 is 2.45 bits per heavy atom. The summed E-state index contributed by atoms with van der Waals surface area (Å²) in [6.45, 7) is 3.45. The molecular weight excluding hydrogens is 138 g/mol. The van der Waals surface area contributed by atoms with Crippen LogP contribution in [0.25, 0.3) is 0 Å². The average molecular weight is 155 g/mol. The van der Waals surface area contributed by atoms with E-state index in [4.69, 9.17) is 0 Å². The van der Waals surface area contributed by atoms with Gasteiger partial charge in [0, 0.05) is 18.6 Å². The third-order valence-corrected chi connectivity index (χ3v) is 3.03. The van der Waals surface area contributed by atoms with Gasteiger partial charge in [-0.05, 0) is 19.8 Å². The van der Waals surface area contributed by atoms with Crippen LogP contribution in [0.3, 0.4) is 0 Å². The molecule has 2 aliphatic rings. The molecule has 0 aromatic heterocycles. The molecule has 0 spiro atoms. The fraction of sp³-hybridized carbons (Fsp3) is 1.00. The quantitative estimate of drug-likeness (QED) is 0.571. The zero-order chi connectivity index (χ0) is 7.84. The highest BCUT2D eigenvalue weighted by molar-refractivity contribution is 4.95. The Hall–Kier alpha value is -0.0800. The summed E-state index contributed by atoms with van der Waals surface area (Å²) in [6, 6.07) is 1.24. The van der Waals surface area contributed by atoms with Crippen molar-refractivity contribution < 1.29 is 5.11 Å². The van der Waals surface area contributed by atoms with Gasteiger partial charge in [-0.2, -0.15) is 0 Å². The minimum atomic E-state index is -0.0336. The van der Waals surface area contributed by atoms with Gasteiger partial charge in [0.05, 0.1) is 6.10 Å². The van der Waals surface area contributed by atoms with E-state index in [1.54, 1.807) is 0 Å². The van der Waals surface area contributed by atoms with E-state index < -0.39 is 0 Å². The van der Waals surface area contributed by atoms with Crippen LogP contribution in [0.2, 0.25) is 0 Å². The molecule has 2 rings (SSSR count). The van der Waals surface area contributed by atoms with Crippen molar-refractivity contribution in [2.75, 3.05) is 6.54 Å². The smallest absolute Gasteiger partial charge is 0.0695 e. The van der Waals surface area contributed by atoms with Crippen molar-refractivity contribution in [1.29, 1.82) is 0 Å². The van der Waals surface area contributed by atoms with Crippen LogP contribution >= 0.6 is 0 Å². The molecule has 0 aromatic rings. The van der Waals surface area contributed by atoms with E-state index in [9.17, 15) is 5.11 Å². The van der Waals surface area contributed by atoms with Crippen molar-refractivity contribution in [3.8, 4) is 0 Å². The molecule has 0 radical (unpaired) electrons. The molecule has 1 N–H and O–H groups in total. The highest BCUT2D eigenvalue weighted by atomic mass is 16.3. The van der Waals surface area contributed by atoms with Crippen LogP contribution in [-0.4, -0.2) is 34.7 Å². The lowest BCUT2D eigenvalue weighted by Crippen LogP contribution is -2.36. The Labute approximate surface area is 68.2 Å². The van der Waals surface area contributed by atoms with Gasteiger partial charge in [0.2, 0.25) is 0 Å². The summed E-state index contributed by atoms with van der Waals surface area (Å²) >= 11 is 0. The zero-order valence-corrected chi connectivity index (χ0v) is 7.16. The summed E-state index contributed by atoms with van der Waals surface area (Å²) in [5.74, 6) is 0. The summed E-state index contributed by atoms with van der Waals surface area (Å²) in [5, 5.41) is 9.66. The fourth-order valence-corrected chi connectivity index (χ4v) is 2.20. The first-order valence-corrected chi connectivity index (χ1v) is 4.73. The van der Waals surface area contributed by atoms with E-state index in [1.165, 1.54) is 25.8 Å². The third kappa shape index (κ3) is 1.42. The topological polar surface area (TPSA) is 23.2 Å². The van der Waals surface area contributed by atoms with Crippen LogP contribution in [-0.2, 0) is 0 Å². The zero-order valence-electron chi connectivity index (χ0n) is 7.16. The van der Waals surface area contributed by atoms with Gasteiger partial charge < -0.3 is 5.11 Å². The predicted octanol–water partition coefficient (Wildman–Crippen LogP) is 0.994. The number of aliphatic hydroxyl groups is 1. The first-order chi connectivity index (χ1) is 5.29. The van der Waals surface area contributed by atoms with Crippen molar-refractivity contribution in [3.63, 3.8) is 0 Å². The van der Waals surface area contributed by atoms with E-state index in [-0.39, 0.29) is 6.10 Å². The van der Waals surface area contributed by atoms with Crippen molar-refractivity contribution >= 4 is 0 Å². The minimum absolute atomic E-state index is 0.0336. The second-order valence-corrected chi connectivity index (χ2v) is 3.96. The number of rotatable bonds is 1. The summed E-state index contributed by atoms with van der Waals surface area (Å²) in [6.07, 6.45) is 4.73. The van der Waals surface area contributed by atoms with E-state index in [2.05, 4.69) is 11.8 Å². The molecule has 1 aliphatic heterocycles. The van der Waals surface area contributed by atoms with Crippen LogP contribution in [0.1, 0.15) is 32.6 Å². The van der Waals surface area contributed by atoms with E-state index >= 15 is 0 Å². The first kappa shape index (κ1) is 7.56. The largest absolute Gasteiger partial charge is 0.391 e. The second-order valence-electron chi connectivity index (χ2n) is 3.96. The standard InChI is InChI=1S/C9H17NO/c1-7-6-10(7)8-4-2-3-5-9(8)11/h7-9,11H,2-6H2,1H3. The highest BCUT2D eigenvalue weighted by Crippen LogP contribution is 2.30. The first-order valence-electron chi connectivity index (χ1n) is 4.73. The highest BCUT2D eigenvalue weighted by Gasteiger charge is 2.40. The van der Waals surface area contributed by atoms with Crippen molar-refractivity contribution in [2.24, 2.45) is 0 Å². The molecule has 4 atom stereocenters. The van der Waals surface area contributed by atoms with Gasteiger partial charge in [0.1, 0.15) is 0 Å². The maximum atomic E-state index is 9.66. The number of hydrogen-bond acceptors (Lipinski definition) is 2. The molecule has 64 valence electrons. The Bertz CT molecular complexity index is 146. The lowest BCUT2D eigenvalue weighted by atomic mass is 9.92. The molecular formula is C9H17NO. The molecule has 1 aliphatic carbocycles. The van der Waals surface area contributed by atoms with Gasteiger partial charge in [-0.3, -0.25) is 4.90 Å².